The monoisotopic (exact) mass is 246 g/mol. The van der Waals surface area contributed by atoms with Crippen molar-refractivity contribution < 1.29 is 44.0 Å². The Bertz CT molecular complexity index is 276. The maximum Gasteiger partial charge on any atom is 0.474 e. The van der Waals surface area contributed by atoms with Crippen molar-refractivity contribution in [1.29, 1.82) is 0 Å². The van der Waals surface area contributed by atoms with E-state index in [2.05, 4.69) is 9.26 Å². The zero-order chi connectivity index (χ0) is 11.9. The van der Waals surface area contributed by atoms with Crippen LogP contribution in [0.15, 0.2) is 0 Å². The quantitative estimate of drug-likeness (QED) is 0.223. The predicted octanol–water partition coefficient (Wildman–Crippen LogP) is -3.15. The van der Waals surface area contributed by atoms with Gasteiger partial charge in [0.25, 0.3) is 0 Å². The second-order valence-electron chi connectivity index (χ2n) is 2.99. The van der Waals surface area contributed by atoms with Crippen LogP contribution >= 0.6 is 7.82 Å². The van der Waals surface area contributed by atoms with E-state index in [1.807, 2.05) is 0 Å². The van der Waals surface area contributed by atoms with Gasteiger partial charge in [0, 0.05) is 0 Å². The fourth-order valence-electron chi connectivity index (χ4n) is 1.17. The largest absolute Gasteiger partial charge is 0.474 e. The Morgan fingerprint density at radius 1 is 1.40 bits per heavy atom. The predicted molar refractivity (Wildman–Crippen MR) is 42.1 cm³/mol. The van der Waals surface area contributed by atoms with E-state index in [9.17, 15) is 14.8 Å². The number of phosphoric ester groups is 1. The standard InChI is InChI=1S/C5H11O9P/c6-1-2-3(7)4(8)5(9,13-2)14-15(10,11)12/h2-4,6-9H,1H2,(H2,10,11,12)/t2-,3-,4-,5?/m1/s1. The Balaban J connectivity index is 2.82. The highest BCUT2D eigenvalue weighted by Crippen LogP contribution is 2.45. The summed E-state index contributed by atoms with van der Waals surface area (Å²) in [7, 11) is -5.11. The van der Waals surface area contributed by atoms with Gasteiger partial charge in [-0.15, -0.1) is 0 Å². The highest BCUT2D eigenvalue weighted by atomic mass is 31.2. The van der Waals surface area contributed by atoms with Gasteiger partial charge in [0.2, 0.25) is 0 Å². The van der Waals surface area contributed by atoms with Gasteiger partial charge < -0.3 is 34.9 Å². The molecule has 10 heteroatoms. The first-order valence-corrected chi connectivity index (χ1v) is 5.36. The smallest absolute Gasteiger partial charge is 0.394 e. The van der Waals surface area contributed by atoms with Crippen molar-refractivity contribution in [2.24, 2.45) is 0 Å². The molecule has 4 atom stereocenters. The number of rotatable bonds is 3. The van der Waals surface area contributed by atoms with Gasteiger partial charge in [-0.2, -0.15) is 0 Å². The van der Waals surface area contributed by atoms with Crippen LogP contribution in [0, 0.1) is 0 Å². The fraction of sp³-hybridized carbons (Fsp3) is 1.00. The van der Waals surface area contributed by atoms with Gasteiger partial charge >= 0.3 is 13.8 Å². The molecule has 0 saturated carbocycles. The molecule has 9 nitrogen and oxygen atoms in total. The maximum atomic E-state index is 10.4. The maximum absolute atomic E-state index is 10.4. The van der Waals surface area contributed by atoms with Crippen LogP contribution in [0.1, 0.15) is 0 Å². The molecule has 1 aliphatic heterocycles. The lowest BCUT2D eigenvalue weighted by Gasteiger charge is -2.25. The first-order chi connectivity index (χ1) is 6.69. The lowest BCUT2D eigenvalue weighted by Crippen LogP contribution is -2.44. The van der Waals surface area contributed by atoms with Crippen molar-refractivity contribution in [3.05, 3.63) is 0 Å². The van der Waals surface area contributed by atoms with Crippen LogP contribution in [-0.4, -0.2) is 61.1 Å². The second-order valence-corrected chi connectivity index (χ2v) is 4.15. The van der Waals surface area contributed by atoms with Gasteiger partial charge in [-0.1, -0.05) is 0 Å². The molecule has 1 unspecified atom stereocenters. The van der Waals surface area contributed by atoms with Crippen LogP contribution in [0.3, 0.4) is 0 Å². The van der Waals surface area contributed by atoms with Crippen molar-refractivity contribution in [3.8, 4) is 0 Å². The van der Waals surface area contributed by atoms with E-state index >= 15 is 0 Å². The summed E-state index contributed by atoms with van der Waals surface area (Å²) >= 11 is 0. The molecule has 0 aromatic carbocycles. The molecule has 0 spiro atoms. The number of aliphatic hydroxyl groups excluding tert-OH is 3. The lowest BCUT2D eigenvalue weighted by atomic mass is 10.1. The van der Waals surface area contributed by atoms with Crippen LogP contribution in [0.4, 0.5) is 0 Å². The van der Waals surface area contributed by atoms with Gasteiger partial charge in [0.15, 0.2) is 6.10 Å². The molecule has 0 radical (unpaired) electrons. The summed E-state index contributed by atoms with van der Waals surface area (Å²) in [6.45, 7) is -0.759. The molecule has 90 valence electrons. The first-order valence-electron chi connectivity index (χ1n) is 3.83. The molecule has 15 heavy (non-hydrogen) atoms. The van der Waals surface area contributed by atoms with Crippen LogP contribution in [-0.2, 0) is 13.8 Å². The average molecular weight is 246 g/mol. The van der Waals surface area contributed by atoms with Crippen LogP contribution in [0.5, 0.6) is 0 Å². The van der Waals surface area contributed by atoms with Crippen LogP contribution < -0.4 is 0 Å². The van der Waals surface area contributed by atoms with E-state index < -0.39 is 38.7 Å². The third-order valence-corrected chi connectivity index (χ3v) is 2.33. The average Bonchev–Trinajstić information content (AvgIpc) is 2.27. The molecule has 0 aliphatic carbocycles. The third kappa shape index (κ3) is 2.72. The van der Waals surface area contributed by atoms with Crippen molar-refractivity contribution in [3.63, 3.8) is 0 Å². The van der Waals surface area contributed by atoms with Crippen molar-refractivity contribution in [2.45, 2.75) is 24.3 Å². The van der Waals surface area contributed by atoms with Gasteiger partial charge in [0.05, 0.1) is 6.61 Å². The van der Waals surface area contributed by atoms with E-state index in [0.29, 0.717) is 0 Å². The first kappa shape index (κ1) is 13.0. The Morgan fingerprint density at radius 2 is 1.93 bits per heavy atom. The zero-order valence-corrected chi connectivity index (χ0v) is 8.19. The van der Waals surface area contributed by atoms with E-state index in [-0.39, 0.29) is 0 Å². The molecule has 0 aromatic rings. The van der Waals surface area contributed by atoms with Crippen LogP contribution in [0.25, 0.3) is 0 Å². The van der Waals surface area contributed by atoms with Gasteiger partial charge in [-0.05, 0) is 0 Å². The van der Waals surface area contributed by atoms with E-state index in [1.54, 1.807) is 0 Å². The van der Waals surface area contributed by atoms with Crippen molar-refractivity contribution in [1.82, 2.24) is 0 Å². The Hall–Kier alpha value is -0.0900. The molecule has 0 bridgehead atoms. The zero-order valence-electron chi connectivity index (χ0n) is 7.29. The van der Waals surface area contributed by atoms with Gasteiger partial charge in [-0.25, -0.2) is 9.09 Å². The van der Waals surface area contributed by atoms with E-state index in [0.717, 1.165) is 0 Å². The molecule has 0 aromatic heterocycles. The molecule has 1 heterocycles. The summed E-state index contributed by atoms with van der Waals surface area (Å²) < 4.78 is 18.6. The van der Waals surface area contributed by atoms with E-state index in [1.165, 1.54) is 0 Å². The number of aliphatic hydroxyl groups is 4. The lowest BCUT2D eigenvalue weighted by molar-refractivity contribution is -0.343. The minimum atomic E-state index is -5.11. The molecule has 1 aliphatic rings. The minimum Gasteiger partial charge on any atom is -0.394 e. The second kappa shape index (κ2) is 4.06. The topological polar surface area (TPSA) is 157 Å². The molecule has 0 amide bonds. The molecule has 6 N–H and O–H groups in total. The fourth-order valence-corrected chi connectivity index (χ4v) is 1.66. The normalized spacial score (nSPS) is 42.1. The molecule has 1 rings (SSSR count). The molecular weight excluding hydrogens is 235 g/mol. The Labute approximate surface area is 83.7 Å². The van der Waals surface area contributed by atoms with E-state index in [4.69, 9.17) is 20.0 Å². The highest BCUT2D eigenvalue weighted by molar-refractivity contribution is 7.46. The molecule has 1 saturated heterocycles. The summed E-state index contributed by atoms with van der Waals surface area (Å²) in [5, 5.41) is 36.3. The molecule has 1 fully saturated rings. The number of ether oxygens (including phenoxy) is 1. The number of hydrogen-bond donors (Lipinski definition) is 6. The summed E-state index contributed by atoms with van der Waals surface area (Å²) in [5.41, 5.74) is 0. The summed E-state index contributed by atoms with van der Waals surface area (Å²) in [6.07, 6.45) is -5.20. The number of phosphoric acid groups is 1. The summed E-state index contributed by atoms with van der Waals surface area (Å²) in [5.74, 6) is -3.04. The number of hydrogen-bond acceptors (Lipinski definition) is 7. The van der Waals surface area contributed by atoms with Crippen molar-refractivity contribution in [2.75, 3.05) is 6.61 Å². The van der Waals surface area contributed by atoms with Gasteiger partial charge in [-0.3, -0.25) is 0 Å². The SMILES string of the molecule is O=P(O)(O)OC1(O)O[C@H](CO)[C@@H](O)[C@H]1O. The Kier molecular flexibility index (Phi) is 3.51. The summed E-state index contributed by atoms with van der Waals surface area (Å²) in [4.78, 5) is 16.8. The highest BCUT2D eigenvalue weighted by Gasteiger charge is 2.57. The van der Waals surface area contributed by atoms with Gasteiger partial charge in [0.1, 0.15) is 12.2 Å². The van der Waals surface area contributed by atoms with Crippen molar-refractivity contribution >= 4 is 7.82 Å². The Morgan fingerprint density at radius 3 is 2.27 bits per heavy atom. The summed E-state index contributed by atoms with van der Waals surface area (Å²) in [6, 6.07) is 0. The third-order valence-electron chi connectivity index (χ3n) is 1.83. The molecular formula is C5H11O9P. The van der Waals surface area contributed by atoms with Crippen LogP contribution in [0.2, 0.25) is 0 Å². The minimum absolute atomic E-state index is 0.759.